The third-order valence-electron chi connectivity index (χ3n) is 7.13. The molecule has 3 aromatic rings. The van der Waals surface area contributed by atoms with Gasteiger partial charge in [-0.15, -0.1) is 0 Å². The summed E-state index contributed by atoms with van der Waals surface area (Å²) < 4.78 is 64.9. The van der Waals surface area contributed by atoms with Crippen LogP contribution in [0.3, 0.4) is 0 Å². The van der Waals surface area contributed by atoms with Crippen LogP contribution in [-0.2, 0) is 21.2 Å². The molecule has 12 heteroatoms. The van der Waals surface area contributed by atoms with Gasteiger partial charge in [0.05, 0.1) is 43.3 Å². The minimum Gasteiger partial charge on any atom is -0.495 e. The lowest BCUT2D eigenvalue weighted by Gasteiger charge is -2.20. The van der Waals surface area contributed by atoms with E-state index in [0.29, 0.717) is 40.3 Å². The average Bonchev–Trinajstić information content (AvgIpc) is 3.49. The summed E-state index contributed by atoms with van der Waals surface area (Å²) in [5, 5.41) is 17.4. The Hall–Kier alpha value is -3.24. The summed E-state index contributed by atoms with van der Waals surface area (Å²) in [5.41, 5.74) is 2.09. The highest BCUT2D eigenvalue weighted by molar-refractivity contribution is 8.01. The maximum absolute atomic E-state index is 13.6. The summed E-state index contributed by atoms with van der Waals surface area (Å²) >= 11 is 0. The van der Waals surface area contributed by atoms with Gasteiger partial charge in [-0.2, -0.15) is 13.2 Å². The van der Waals surface area contributed by atoms with Crippen molar-refractivity contribution in [3.05, 3.63) is 48.2 Å². The number of ether oxygens (including phenoxy) is 2. The summed E-state index contributed by atoms with van der Waals surface area (Å²) in [5.74, 6) is 6.37. The van der Waals surface area contributed by atoms with Gasteiger partial charge in [0, 0.05) is 48.8 Å². The zero-order valence-electron chi connectivity index (χ0n) is 24.3. The van der Waals surface area contributed by atoms with Crippen LogP contribution in [0.25, 0.3) is 10.9 Å². The first-order valence-electron chi connectivity index (χ1n) is 13.7. The number of hydrogen-bond acceptors (Lipinski definition) is 7. The van der Waals surface area contributed by atoms with Crippen LogP contribution < -0.4 is 15.4 Å². The first-order valence-corrected chi connectivity index (χ1v) is 16.3. The second-order valence-corrected chi connectivity index (χ2v) is 14.1. The SMILES string of the molecule is COCC(O)CN1CCC(Nc2cccc3c2cc(C#CCNc2ccc([SH](C)(C)=O)cc2OC)n3CC(F)(F)F)C1. The van der Waals surface area contributed by atoms with Crippen molar-refractivity contribution in [2.24, 2.45) is 0 Å². The fraction of sp³-hybridized carbons (Fsp3) is 0.467. The van der Waals surface area contributed by atoms with Crippen molar-refractivity contribution < 1.29 is 32.0 Å². The monoisotopic (exact) mass is 608 g/mol. The molecule has 2 heterocycles. The van der Waals surface area contributed by atoms with E-state index in [9.17, 15) is 22.5 Å². The molecule has 1 saturated heterocycles. The molecule has 8 nitrogen and oxygen atoms in total. The number of alkyl halides is 3. The van der Waals surface area contributed by atoms with E-state index in [0.717, 1.165) is 18.7 Å². The van der Waals surface area contributed by atoms with E-state index in [2.05, 4.69) is 27.4 Å². The Balaban J connectivity index is 1.54. The second-order valence-electron chi connectivity index (χ2n) is 10.9. The number of aromatic nitrogens is 1. The van der Waals surface area contributed by atoms with Gasteiger partial charge in [0.2, 0.25) is 0 Å². The number of anilines is 2. The number of benzene rings is 2. The summed E-state index contributed by atoms with van der Waals surface area (Å²) in [4.78, 5) is 2.83. The zero-order valence-corrected chi connectivity index (χ0v) is 25.2. The standard InChI is InChI=1S/C30H39F3N4O4S/c1-40-19-23(38)18-36-14-12-21(17-36)35-26-8-5-9-28-25(26)15-22(37(28)20-30(31,32)33)7-6-13-34-27-11-10-24(42(3,4)39)16-29(27)41-2/h5,8-11,15-16,21,23,34-35,38,42H,12-14,17-20H2,1-4H3. The summed E-state index contributed by atoms with van der Waals surface area (Å²) in [7, 11) is 0.598. The van der Waals surface area contributed by atoms with Crippen molar-refractivity contribution >= 4 is 32.2 Å². The minimum atomic E-state index is -4.42. The highest BCUT2D eigenvalue weighted by Crippen LogP contribution is 2.32. The number of hydrogen-bond donors (Lipinski definition) is 4. The third kappa shape index (κ3) is 8.19. The predicted molar refractivity (Wildman–Crippen MR) is 162 cm³/mol. The Labute approximate surface area is 245 Å². The van der Waals surface area contributed by atoms with Gasteiger partial charge in [0.15, 0.2) is 0 Å². The lowest BCUT2D eigenvalue weighted by molar-refractivity contribution is -0.140. The van der Waals surface area contributed by atoms with Crippen LogP contribution in [0.4, 0.5) is 24.5 Å². The number of β-amino-alcohol motifs (C(OH)–C–C–N with tert-alkyl or cyclic N) is 1. The molecule has 0 bridgehead atoms. The number of fused-ring (bicyclic) bond motifs is 1. The Morgan fingerprint density at radius 1 is 1.17 bits per heavy atom. The molecule has 42 heavy (non-hydrogen) atoms. The Kier molecular flexibility index (Phi) is 10.1. The number of thiol groups is 1. The van der Waals surface area contributed by atoms with E-state index in [1.807, 2.05) is 6.07 Å². The molecule has 0 saturated carbocycles. The molecule has 3 N–H and O–H groups in total. The normalized spacial score (nSPS) is 17.1. The fourth-order valence-corrected chi connectivity index (χ4v) is 6.04. The van der Waals surface area contributed by atoms with Gasteiger partial charge < -0.3 is 29.8 Å². The number of nitrogens with zero attached hydrogens (tertiary/aromatic N) is 2. The van der Waals surface area contributed by atoms with E-state index in [1.165, 1.54) is 11.7 Å². The molecule has 2 unspecified atom stereocenters. The molecular weight excluding hydrogens is 569 g/mol. The van der Waals surface area contributed by atoms with Gasteiger partial charge in [-0.05, 0) is 61.3 Å². The molecule has 0 spiro atoms. The van der Waals surface area contributed by atoms with Crippen molar-refractivity contribution in [1.29, 1.82) is 0 Å². The van der Waals surface area contributed by atoms with Crippen LogP contribution in [0.5, 0.6) is 5.75 Å². The Morgan fingerprint density at radius 3 is 2.64 bits per heavy atom. The van der Waals surface area contributed by atoms with Gasteiger partial charge >= 0.3 is 6.18 Å². The van der Waals surface area contributed by atoms with E-state index >= 15 is 0 Å². The number of aliphatic hydroxyl groups is 1. The van der Waals surface area contributed by atoms with E-state index in [-0.39, 0.29) is 24.9 Å². The highest BCUT2D eigenvalue weighted by atomic mass is 32.2. The van der Waals surface area contributed by atoms with Crippen molar-refractivity contribution in [1.82, 2.24) is 9.47 Å². The third-order valence-corrected chi connectivity index (χ3v) is 8.66. The fourth-order valence-electron chi connectivity index (χ4n) is 5.18. The number of halogens is 3. The molecule has 1 aromatic heterocycles. The predicted octanol–water partition coefficient (Wildman–Crippen LogP) is 3.80. The van der Waals surface area contributed by atoms with Crippen LogP contribution in [0.2, 0.25) is 0 Å². The average molecular weight is 609 g/mol. The second kappa shape index (κ2) is 13.4. The summed E-state index contributed by atoms with van der Waals surface area (Å²) in [6.45, 7) is 1.28. The Morgan fingerprint density at radius 2 is 1.95 bits per heavy atom. The highest BCUT2D eigenvalue weighted by Gasteiger charge is 2.30. The van der Waals surface area contributed by atoms with Gasteiger partial charge in [-0.3, -0.25) is 9.11 Å². The number of nitrogens with one attached hydrogen (secondary N) is 2. The lowest BCUT2D eigenvalue weighted by atomic mass is 10.1. The van der Waals surface area contributed by atoms with Crippen molar-refractivity contribution in [2.45, 2.75) is 36.2 Å². The maximum atomic E-state index is 13.6. The quantitative estimate of drug-likeness (QED) is 0.195. The lowest BCUT2D eigenvalue weighted by Crippen LogP contribution is -2.34. The van der Waals surface area contributed by atoms with Crippen LogP contribution >= 0.6 is 0 Å². The minimum absolute atomic E-state index is 0.0886. The molecule has 1 aliphatic heterocycles. The van der Waals surface area contributed by atoms with Gasteiger partial charge in [0.25, 0.3) is 0 Å². The molecular formula is C30H39F3N4O4S. The largest absolute Gasteiger partial charge is 0.495 e. The van der Waals surface area contributed by atoms with Crippen molar-refractivity contribution in [3.63, 3.8) is 0 Å². The summed E-state index contributed by atoms with van der Waals surface area (Å²) in [6.07, 6.45) is -0.794. The molecule has 0 amide bonds. The van der Waals surface area contributed by atoms with Crippen LogP contribution in [0, 0.1) is 11.8 Å². The van der Waals surface area contributed by atoms with Crippen LogP contribution in [0.15, 0.2) is 47.4 Å². The topological polar surface area (TPSA) is 88.0 Å². The smallest absolute Gasteiger partial charge is 0.406 e. The van der Waals surface area contributed by atoms with Crippen LogP contribution in [-0.4, -0.2) is 96.6 Å². The van der Waals surface area contributed by atoms with Gasteiger partial charge in [-0.1, -0.05) is 21.9 Å². The number of methoxy groups -OCH3 is 2. The molecule has 2 aromatic carbocycles. The molecule has 0 aliphatic carbocycles. The van der Waals surface area contributed by atoms with Crippen molar-refractivity contribution in [2.75, 3.05) is 70.2 Å². The first kappa shape index (κ1) is 31.7. The Bertz CT molecular complexity index is 1490. The summed E-state index contributed by atoms with van der Waals surface area (Å²) in [6, 6.07) is 12.3. The van der Waals surface area contributed by atoms with Gasteiger partial charge in [-0.25, -0.2) is 0 Å². The van der Waals surface area contributed by atoms with Crippen molar-refractivity contribution in [3.8, 4) is 17.6 Å². The first-order chi connectivity index (χ1) is 19.9. The molecule has 230 valence electrons. The van der Waals surface area contributed by atoms with E-state index in [1.54, 1.807) is 56.0 Å². The number of rotatable bonds is 11. The van der Waals surface area contributed by atoms with E-state index < -0.39 is 28.8 Å². The molecule has 2 atom stereocenters. The zero-order chi connectivity index (χ0) is 30.5. The molecule has 1 fully saturated rings. The van der Waals surface area contributed by atoms with E-state index in [4.69, 9.17) is 9.47 Å². The molecule has 0 radical (unpaired) electrons. The molecule has 1 aliphatic rings. The van der Waals surface area contributed by atoms with Gasteiger partial charge in [0.1, 0.15) is 12.3 Å². The maximum Gasteiger partial charge on any atom is 0.406 e. The van der Waals surface area contributed by atoms with Crippen LogP contribution in [0.1, 0.15) is 12.1 Å². The number of likely N-dealkylation sites (tertiary alicyclic amines) is 1. The molecule has 4 rings (SSSR count). The number of aliphatic hydroxyl groups excluding tert-OH is 1.